The molecule has 0 N–H and O–H groups in total. The first-order valence-corrected chi connectivity index (χ1v) is 13.4. The highest BCUT2D eigenvalue weighted by atomic mass is 35.5. The van der Waals surface area contributed by atoms with Crippen LogP contribution in [-0.4, -0.2) is 87.9 Å². The van der Waals surface area contributed by atoms with Crippen molar-refractivity contribution in [2.24, 2.45) is 0 Å². The van der Waals surface area contributed by atoms with E-state index in [1.807, 2.05) is 13.0 Å². The summed E-state index contributed by atoms with van der Waals surface area (Å²) >= 11 is 7.84. The summed E-state index contributed by atoms with van der Waals surface area (Å²) in [6.07, 6.45) is 1.72. The highest BCUT2D eigenvalue weighted by Crippen LogP contribution is 2.36. The van der Waals surface area contributed by atoms with Crippen LogP contribution in [0, 0.1) is 6.92 Å². The lowest BCUT2D eigenvalue weighted by atomic mass is 10.0. The fraction of sp³-hybridized carbons (Fsp3) is 0.417. The Bertz CT molecular complexity index is 1540. The van der Waals surface area contributed by atoms with Crippen molar-refractivity contribution in [3.63, 3.8) is 0 Å². The van der Waals surface area contributed by atoms with E-state index in [0.29, 0.717) is 42.6 Å². The number of pyridine rings is 1. The van der Waals surface area contributed by atoms with E-state index in [1.165, 1.54) is 24.7 Å². The van der Waals surface area contributed by atoms with Crippen LogP contribution < -0.4 is 9.64 Å². The standard InChI is InChI=1S/C24H24ClN7O6S/c1-13-29-32-19-14(27-24(32)39-13)5-6-31(20(19)22-26-15(11-38-22)23(34)35-2)18(33)12-37-16-3-4-17(28-21(16)25)30-7-9-36-10-8-30/h3-4,11,20H,5-10,12H2,1-2H3. The zero-order chi connectivity index (χ0) is 27.1. The lowest BCUT2D eigenvalue weighted by Crippen LogP contribution is -2.43. The van der Waals surface area contributed by atoms with Crippen LogP contribution in [0.3, 0.4) is 0 Å². The highest BCUT2D eigenvalue weighted by molar-refractivity contribution is 7.16. The van der Waals surface area contributed by atoms with E-state index < -0.39 is 12.0 Å². The van der Waals surface area contributed by atoms with Crippen LogP contribution in [-0.2, 0) is 20.7 Å². The number of oxazole rings is 1. The lowest BCUT2D eigenvalue weighted by Gasteiger charge is -2.33. The Morgan fingerprint density at radius 2 is 2.00 bits per heavy atom. The number of esters is 1. The third kappa shape index (κ3) is 4.79. The first-order chi connectivity index (χ1) is 18.9. The Hall–Kier alpha value is -3.75. The molecule has 1 fully saturated rings. The van der Waals surface area contributed by atoms with Gasteiger partial charge in [0.15, 0.2) is 29.2 Å². The molecule has 0 spiro atoms. The Morgan fingerprint density at radius 3 is 2.77 bits per heavy atom. The van der Waals surface area contributed by atoms with Gasteiger partial charge in [-0.1, -0.05) is 22.9 Å². The van der Waals surface area contributed by atoms with Crippen molar-refractivity contribution in [2.45, 2.75) is 19.4 Å². The summed E-state index contributed by atoms with van der Waals surface area (Å²) in [5, 5.41) is 5.55. The van der Waals surface area contributed by atoms with E-state index >= 15 is 0 Å². The van der Waals surface area contributed by atoms with Gasteiger partial charge < -0.3 is 28.4 Å². The maximum atomic E-state index is 13.6. The first kappa shape index (κ1) is 25.5. The van der Waals surface area contributed by atoms with Crippen molar-refractivity contribution in [1.29, 1.82) is 0 Å². The zero-order valence-corrected chi connectivity index (χ0v) is 22.7. The summed E-state index contributed by atoms with van der Waals surface area (Å²) in [7, 11) is 1.26. The van der Waals surface area contributed by atoms with Crippen LogP contribution in [0.5, 0.6) is 5.75 Å². The van der Waals surface area contributed by atoms with Gasteiger partial charge in [-0.3, -0.25) is 4.79 Å². The number of halogens is 1. The number of methoxy groups -OCH3 is 1. The molecule has 1 unspecified atom stereocenters. The molecule has 4 aromatic heterocycles. The fourth-order valence-electron chi connectivity index (χ4n) is 4.70. The molecule has 13 nitrogen and oxygen atoms in total. The molecule has 6 heterocycles. The molecule has 2 aliphatic heterocycles. The average molecular weight is 574 g/mol. The zero-order valence-electron chi connectivity index (χ0n) is 21.1. The topological polar surface area (TPSA) is 137 Å². The summed E-state index contributed by atoms with van der Waals surface area (Å²) in [6.45, 7) is 4.61. The number of aromatic nitrogens is 5. The predicted molar refractivity (Wildman–Crippen MR) is 138 cm³/mol. The van der Waals surface area contributed by atoms with Crippen LogP contribution in [0.1, 0.15) is 38.8 Å². The molecule has 204 valence electrons. The molecule has 0 saturated carbocycles. The molecular formula is C24H24ClN7O6S. The van der Waals surface area contributed by atoms with Crippen LogP contribution in [0.15, 0.2) is 22.8 Å². The second-order valence-corrected chi connectivity index (χ2v) is 10.4. The van der Waals surface area contributed by atoms with Gasteiger partial charge in [0.2, 0.25) is 10.9 Å². The van der Waals surface area contributed by atoms with Gasteiger partial charge in [0.25, 0.3) is 5.91 Å². The first-order valence-electron chi connectivity index (χ1n) is 12.2. The van der Waals surface area contributed by atoms with Crippen LogP contribution in [0.2, 0.25) is 5.15 Å². The maximum Gasteiger partial charge on any atom is 0.360 e. The molecule has 4 aromatic rings. The van der Waals surface area contributed by atoms with Crippen molar-refractivity contribution in [3.8, 4) is 5.75 Å². The molecule has 0 radical (unpaired) electrons. The Balaban J connectivity index is 1.26. The molecular weight excluding hydrogens is 550 g/mol. The number of morpholine rings is 1. The number of fused-ring (bicyclic) bond motifs is 3. The number of imidazole rings is 1. The molecule has 2 aliphatic rings. The quantitative estimate of drug-likeness (QED) is 0.248. The minimum atomic E-state index is -0.781. The Labute approximate surface area is 231 Å². The average Bonchev–Trinajstić information content (AvgIpc) is 3.66. The summed E-state index contributed by atoms with van der Waals surface area (Å²) in [5.41, 5.74) is 1.44. The van der Waals surface area contributed by atoms with E-state index in [9.17, 15) is 9.59 Å². The van der Waals surface area contributed by atoms with Crippen molar-refractivity contribution in [3.05, 3.63) is 51.5 Å². The van der Waals surface area contributed by atoms with E-state index in [0.717, 1.165) is 29.6 Å². The molecule has 15 heteroatoms. The van der Waals surface area contributed by atoms with Gasteiger partial charge in [-0.05, 0) is 19.1 Å². The molecule has 0 aromatic carbocycles. The van der Waals surface area contributed by atoms with Crippen LogP contribution in [0.25, 0.3) is 4.96 Å². The maximum absolute atomic E-state index is 13.6. The number of aryl methyl sites for hydroxylation is 1. The van der Waals surface area contributed by atoms with E-state index in [-0.39, 0.29) is 29.3 Å². The molecule has 0 bridgehead atoms. The number of rotatable bonds is 6. The van der Waals surface area contributed by atoms with Gasteiger partial charge >= 0.3 is 5.97 Å². The normalized spacial score (nSPS) is 17.4. The van der Waals surface area contributed by atoms with E-state index in [1.54, 1.807) is 15.5 Å². The van der Waals surface area contributed by atoms with Gasteiger partial charge in [-0.15, -0.1) is 0 Å². The number of amides is 1. The second kappa shape index (κ2) is 10.4. The highest BCUT2D eigenvalue weighted by Gasteiger charge is 2.40. The smallest absolute Gasteiger partial charge is 0.360 e. The molecule has 6 rings (SSSR count). The Morgan fingerprint density at radius 1 is 1.18 bits per heavy atom. The summed E-state index contributed by atoms with van der Waals surface area (Å²) in [6, 6.07) is 2.73. The largest absolute Gasteiger partial charge is 0.481 e. The van der Waals surface area contributed by atoms with Gasteiger partial charge in [-0.25, -0.2) is 24.3 Å². The minimum Gasteiger partial charge on any atom is -0.481 e. The molecule has 0 aliphatic carbocycles. The lowest BCUT2D eigenvalue weighted by molar-refractivity contribution is -0.136. The molecule has 39 heavy (non-hydrogen) atoms. The van der Waals surface area contributed by atoms with Crippen molar-refractivity contribution < 1.29 is 28.2 Å². The summed E-state index contributed by atoms with van der Waals surface area (Å²) in [5.74, 6) is 0.180. The number of hydrogen-bond acceptors (Lipinski definition) is 12. The number of carbonyl (C=O) groups excluding carboxylic acids is 2. The molecule has 1 saturated heterocycles. The van der Waals surface area contributed by atoms with Gasteiger partial charge in [0.1, 0.15) is 17.1 Å². The fourth-order valence-corrected chi connectivity index (χ4v) is 5.68. The molecule has 1 atom stereocenters. The second-order valence-electron chi connectivity index (χ2n) is 8.91. The number of anilines is 1. The third-order valence-corrected chi connectivity index (χ3v) is 7.63. The number of carbonyl (C=O) groups is 2. The monoisotopic (exact) mass is 573 g/mol. The summed E-state index contributed by atoms with van der Waals surface area (Å²) < 4.78 is 23.4. The van der Waals surface area contributed by atoms with Gasteiger partial charge in [-0.2, -0.15) is 5.10 Å². The van der Waals surface area contributed by atoms with Crippen molar-refractivity contribution in [1.82, 2.24) is 29.5 Å². The summed E-state index contributed by atoms with van der Waals surface area (Å²) in [4.78, 5) is 43.4. The van der Waals surface area contributed by atoms with Gasteiger partial charge in [0, 0.05) is 26.1 Å². The third-order valence-electron chi connectivity index (χ3n) is 6.53. The van der Waals surface area contributed by atoms with Crippen molar-refractivity contribution in [2.75, 3.05) is 51.5 Å². The van der Waals surface area contributed by atoms with Crippen LogP contribution in [0.4, 0.5) is 5.82 Å². The SMILES string of the molecule is COC(=O)c1coc(C2c3c(nc4sc(C)nn34)CCN2C(=O)COc2ccc(N3CCOCC3)nc2Cl)n1. The molecule has 1 amide bonds. The minimum absolute atomic E-state index is 0.00305. The predicted octanol–water partition coefficient (Wildman–Crippen LogP) is 2.31. The number of hydrogen-bond donors (Lipinski definition) is 0. The number of ether oxygens (including phenoxy) is 3. The van der Waals surface area contributed by atoms with Crippen LogP contribution >= 0.6 is 22.9 Å². The van der Waals surface area contributed by atoms with Crippen molar-refractivity contribution >= 4 is 45.6 Å². The number of nitrogens with zero attached hydrogens (tertiary/aromatic N) is 7. The Kier molecular flexibility index (Phi) is 6.83. The van der Waals surface area contributed by atoms with E-state index in [4.69, 9.17) is 35.2 Å². The van der Waals surface area contributed by atoms with Gasteiger partial charge in [0.05, 0.1) is 31.7 Å². The van der Waals surface area contributed by atoms with E-state index in [2.05, 4.69) is 20.0 Å².